The lowest BCUT2D eigenvalue weighted by molar-refractivity contribution is 0.0584. The van der Waals surface area contributed by atoms with Crippen LogP contribution in [0.5, 0.6) is 0 Å². The number of aromatic nitrogens is 2. The Morgan fingerprint density at radius 2 is 1.84 bits per heavy atom. The largest absolute Gasteiger partial charge is 0.443 e. The van der Waals surface area contributed by atoms with Crippen molar-refractivity contribution in [1.82, 2.24) is 9.78 Å². The minimum atomic E-state index is -0.475. The minimum Gasteiger partial charge on any atom is -0.443 e. The highest BCUT2D eigenvalue weighted by Crippen LogP contribution is 2.29. The van der Waals surface area contributed by atoms with Crippen molar-refractivity contribution in [1.29, 1.82) is 0 Å². The van der Waals surface area contributed by atoms with Crippen molar-refractivity contribution in [3.8, 4) is 0 Å². The van der Waals surface area contributed by atoms with E-state index in [2.05, 4.69) is 25.9 Å². The summed E-state index contributed by atoms with van der Waals surface area (Å²) in [5.41, 5.74) is 0.504. The average Bonchev–Trinajstić information content (AvgIpc) is 2.69. The third-order valence-electron chi connectivity index (χ3n) is 2.95. The highest BCUT2D eigenvalue weighted by Gasteiger charge is 2.32. The summed E-state index contributed by atoms with van der Waals surface area (Å²) in [7, 11) is 0. The van der Waals surface area contributed by atoms with Crippen molar-refractivity contribution in [3.05, 3.63) is 11.8 Å². The zero-order valence-electron chi connectivity index (χ0n) is 12.6. The topological polar surface area (TPSA) is 47.4 Å². The highest BCUT2D eigenvalue weighted by atomic mass is 16.6. The fourth-order valence-electron chi connectivity index (χ4n) is 1.97. The van der Waals surface area contributed by atoms with Crippen LogP contribution in [0, 0.1) is 0 Å². The van der Waals surface area contributed by atoms with E-state index in [1.165, 1.54) is 0 Å². The van der Waals surface area contributed by atoms with Crippen molar-refractivity contribution < 1.29 is 9.53 Å². The Labute approximate surface area is 114 Å². The molecule has 2 heterocycles. The van der Waals surface area contributed by atoms with Crippen LogP contribution in [0.4, 0.5) is 10.6 Å². The van der Waals surface area contributed by atoms with Gasteiger partial charge in [0.1, 0.15) is 11.4 Å². The van der Waals surface area contributed by atoms with E-state index in [-0.39, 0.29) is 11.5 Å². The number of rotatable bonds is 0. The molecular weight excluding hydrogens is 242 g/mol. The van der Waals surface area contributed by atoms with Crippen molar-refractivity contribution in [3.63, 3.8) is 0 Å². The molecule has 1 aliphatic heterocycles. The second-order valence-electron chi connectivity index (χ2n) is 6.99. The molecule has 1 aliphatic rings. The number of ether oxygens (including phenoxy) is 1. The Morgan fingerprint density at radius 1 is 1.21 bits per heavy atom. The van der Waals surface area contributed by atoms with E-state index in [1.54, 1.807) is 4.90 Å². The van der Waals surface area contributed by atoms with Gasteiger partial charge in [0, 0.05) is 11.5 Å². The Bertz CT molecular complexity index is 492. The molecule has 1 aromatic rings. The molecular formula is C14H23N3O2. The maximum Gasteiger partial charge on any atom is 0.416 e. The summed E-state index contributed by atoms with van der Waals surface area (Å²) in [4.78, 5) is 13.8. The number of carbonyl (C=O) groups is 1. The van der Waals surface area contributed by atoms with Gasteiger partial charge in [-0.15, -0.1) is 0 Å². The fraction of sp³-hybridized carbons (Fsp3) is 0.714. The van der Waals surface area contributed by atoms with E-state index in [1.807, 2.05) is 31.5 Å². The van der Waals surface area contributed by atoms with Crippen LogP contribution in [-0.4, -0.2) is 28.0 Å². The fourth-order valence-corrected chi connectivity index (χ4v) is 1.97. The lowest BCUT2D eigenvalue weighted by atomic mass is 9.92. The molecule has 0 radical (unpaired) electrons. The molecule has 1 aromatic heterocycles. The number of anilines is 1. The molecule has 5 heteroatoms. The number of hydrogen-bond acceptors (Lipinski definition) is 3. The first-order valence-electron chi connectivity index (χ1n) is 6.67. The molecule has 0 aromatic carbocycles. The van der Waals surface area contributed by atoms with Gasteiger partial charge in [-0.1, -0.05) is 20.8 Å². The predicted octanol–water partition coefficient (Wildman–Crippen LogP) is 2.94. The van der Waals surface area contributed by atoms with Crippen molar-refractivity contribution >= 4 is 11.9 Å². The van der Waals surface area contributed by atoms with Gasteiger partial charge in [0.25, 0.3) is 0 Å². The summed E-state index contributed by atoms with van der Waals surface area (Å²) in [6, 6.07) is 1.98. The first-order chi connectivity index (χ1) is 8.58. The number of carbonyl (C=O) groups excluding carboxylic acids is 1. The van der Waals surface area contributed by atoms with Gasteiger partial charge in [0.2, 0.25) is 0 Å². The Hall–Kier alpha value is -1.52. The smallest absolute Gasteiger partial charge is 0.416 e. The molecule has 0 spiro atoms. The van der Waals surface area contributed by atoms with E-state index in [4.69, 9.17) is 4.74 Å². The molecule has 2 rings (SSSR count). The van der Waals surface area contributed by atoms with E-state index >= 15 is 0 Å². The van der Waals surface area contributed by atoms with Gasteiger partial charge >= 0.3 is 6.09 Å². The zero-order chi connectivity index (χ0) is 14.4. The van der Waals surface area contributed by atoms with Gasteiger partial charge < -0.3 is 4.74 Å². The summed E-state index contributed by atoms with van der Waals surface area (Å²) in [5, 5.41) is 4.56. The number of nitrogens with zero attached hydrogens (tertiary/aromatic N) is 3. The lowest BCUT2D eigenvalue weighted by Crippen LogP contribution is -2.35. The maximum atomic E-state index is 12.1. The van der Waals surface area contributed by atoms with Crippen LogP contribution in [0.2, 0.25) is 0 Å². The molecule has 0 N–H and O–H groups in total. The molecule has 5 nitrogen and oxygen atoms in total. The van der Waals surface area contributed by atoms with E-state index in [0.717, 1.165) is 18.1 Å². The second-order valence-corrected chi connectivity index (χ2v) is 6.99. The molecule has 0 fully saturated rings. The molecule has 0 saturated heterocycles. The summed E-state index contributed by atoms with van der Waals surface area (Å²) < 4.78 is 7.30. The highest BCUT2D eigenvalue weighted by molar-refractivity contribution is 5.87. The number of fused-ring (bicyclic) bond motifs is 1. The van der Waals surface area contributed by atoms with Gasteiger partial charge in [0.05, 0.1) is 18.8 Å². The van der Waals surface area contributed by atoms with Crippen LogP contribution < -0.4 is 4.90 Å². The van der Waals surface area contributed by atoms with Crippen LogP contribution in [0.25, 0.3) is 0 Å². The average molecular weight is 265 g/mol. The first-order valence-corrected chi connectivity index (χ1v) is 6.67. The Balaban J connectivity index is 2.22. The third kappa shape index (κ3) is 2.91. The Morgan fingerprint density at radius 3 is 2.37 bits per heavy atom. The monoisotopic (exact) mass is 265 g/mol. The molecule has 0 aliphatic carbocycles. The summed E-state index contributed by atoms with van der Waals surface area (Å²) in [6.07, 6.45) is -0.299. The van der Waals surface area contributed by atoms with Gasteiger partial charge in [-0.25, -0.2) is 9.48 Å². The molecule has 0 bridgehead atoms. The molecule has 1 amide bonds. The van der Waals surface area contributed by atoms with Gasteiger partial charge in [0.15, 0.2) is 0 Å². The quantitative estimate of drug-likeness (QED) is 0.724. The molecule has 0 unspecified atom stereocenters. The van der Waals surface area contributed by atoms with Crippen LogP contribution in [0.15, 0.2) is 6.07 Å². The van der Waals surface area contributed by atoms with Gasteiger partial charge in [-0.2, -0.15) is 5.10 Å². The molecule has 19 heavy (non-hydrogen) atoms. The number of hydrogen-bond donors (Lipinski definition) is 0. The van der Waals surface area contributed by atoms with Crippen LogP contribution in [0.1, 0.15) is 47.2 Å². The van der Waals surface area contributed by atoms with Crippen LogP contribution >= 0.6 is 0 Å². The van der Waals surface area contributed by atoms with Crippen LogP contribution in [-0.2, 0) is 16.7 Å². The first kappa shape index (κ1) is 13.9. The van der Waals surface area contributed by atoms with Gasteiger partial charge in [-0.05, 0) is 20.8 Å². The zero-order valence-corrected chi connectivity index (χ0v) is 12.6. The van der Waals surface area contributed by atoms with E-state index < -0.39 is 5.60 Å². The summed E-state index contributed by atoms with van der Waals surface area (Å²) >= 11 is 0. The molecule has 0 saturated carbocycles. The van der Waals surface area contributed by atoms with Gasteiger partial charge in [-0.3, -0.25) is 4.90 Å². The van der Waals surface area contributed by atoms with Crippen LogP contribution in [0.3, 0.4) is 0 Å². The molecule has 106 valence electrons. The van der Waals surface area contributed by atoms with Crippen molar-refractivity contribution in [2.45, 2.75) is 59.1 Å². The molecule has 0 atom stereocenters. The van der Waals surface area contributed by atoms with E-state index in [9.17, 15) is 4.79 Å². The van der Waals surface area contributed by atoms with E-state index in [0.29, 0.717) is 6.54 Å². The Kier molecular flexibility index (Phi) is 3.11. The predicted molar refractivity (Wildman–Crippen MR) is 74.5 cm³/mol. The standard InChI is InChI=1S/C14H23N3O2/c1-13(2,3)10-9-11-16(7-8-17(11)15-10)12(18)19-14(4,5)6/h9H,7-8H2,1-6H3. The SMILES string of the molecule is CC(C)(C)OC(=O)N1CCn2nc(C(C)(C)C)cc21. The number of amides is 1. The second kappa shape index (κ2) is 4.25. The third-order valence-corrected chi connectivity index (χ3v) is 2.95. The summed E-state index contributed by atoms with van der Waals surface area (Å²) in [6.45, 7) is 13.3. The minimum absolute atomic E-state index is 0.0169. The normalized spacial score (nSPS) is 15.6. The summed E-state index contributed by atoms with van der Waals surface area (Å²) in [5.74, 6) is 0.833. The maximum absolute atomic E-state index is 12.1. The van der Waals surface area contributed by atoms with Crippen molar-refractivity contribution in [2.75, 3.05) is 11.4 Å². The lowest BCUT2D eigenvalue weighted by Gasteiger charge is -2.23. The van der Waals surface area contributed by atoms with Crippen molar-refractivity contribution in [2.24, 2.45) is 0 Å².